The van der Waals surface area contributed by atoms with Crippen molar-refractivity contribution < 1.29 is 14.8 Å². The second-order valence-electron chi connectivity index (χ2n) is 5.21. The van der Waals surface area contributed by atoms with Crippen LogP contribution in [0, 0.1) is 16.0 Å². The normalized spacial score (nSPS) is 12.5. The molecule has 0 spiro atoms. The first-order valence-electron chi connectivity index (χ1n) is 6.50. The molecule has 0 aliphatic rings. The fourth-order valence-electron chi connectivity index (χ4n) is 2.04. The molecule has 1 atom stereocenters. The number of carboxylic acid groups (broad SMARTS) is 1. The zero-order valence-electron chi connectivity index (χ0n) is 11.7. The highest BCUT2D eigenvalue weighted by Crippen LogP contribution is 2.21. The van der Waals surface area contributed by atoms with Gasteiger partial charge in [0.05, 0.1) is 16.0 Å². The lowest BCUT2D eigenvalue weighted by atomic mass is 10.0. The molecule has 1 aromatic carbocycles. The van der Waals surface area contributed by atoms with Crippen LogP contribution >= 0.6 is 0 Å². The second-order valence-corrected chi connectivity index (χ2v) is 5.21. The molecule has 3 N–H and O–H groups in total. The van der Waals surface area contributed by atoms with E-state index in [9.17, 15) is 20.0 Å². The van der Waals surface area contributed by atoms with E-state index >= 15 is 0 Å². The molecule has 8 heteroatoms. The summed E-state index contributed by atoms with van der Waals surface area (Å²) in [7, 11) is 0. The van der Waals surface area contributed by atoms with Crippen molar-refractivity contribution in [1.29, 1.82) is 0 Å². The molecule has 0 bridgehead atoms. The number of nitro groups is 1. The zero-order chi connectivity index (χ0) is 15.6. The van der Waals surface area contributed by atoms with Gasteiger partial charge in [-0.15, -0.1) is 0 Å². The third-order valence-corrected chi connectivity index (χ3v) is 2.99. The smallest absolute Gasteiger partial charge is 0.326 e. The summed E-state index contributed by atoms with van der Waals surface area (Å²) in [5, 5.41) is 22.7. The van der Waals surface area contributed by atoms with E-state index in [0.717, 1.165) is 0 Å². The molecule has 1 heterocycles. The van der Waals surface area contributed by atoms with E-state index in [1.54, 1.807) is 0 Å². The van der Waals surface area contributed by atoms with Gasteiger partial charge in [0.2, 0.25) is 5.95 Å². The molecule has 1 aromatic heterocycles. The van der Waals surface area contributed by atoms with Gasteiger partial charge in [-0.1, -0.05) is 13.8 Å². The molecule has 112 valence electrons. The topological polar surface area (TPSA) is 121 Å². The van der Waals surface area contributed by atoms with E-state index in [0.29, 0.717) is 23.4 Å². The van der Waals surface area contributed by atoms with Crippen molar-refractivity contribution >= 4 is 28.6 Å². The van der Waals surface area contributed by atoms with Gasteiger partial charge in [0.1, 0.15) is 6.04 Å². The Morgan fingerprint density at radius 3 is 2.81 bits per heavy atom. The first kappa shape index (κ1) is 14.8. The van der Waals surface area contributed by atoms with Gasteiger partial charge < -0.3 is 15.4 Å². The maximum Gasteiger partial charge on any atom is 0.326 e. The van der Waals surface area contributed by atoms with Gasteiger partial charge in [-0.25, -0.2) is 9.78 Å². The number of aromatic amines is 1. The quantitative estimate of drug-likeness (QED) is 0.555. The molecule has 0 aliphatic carbocycles. The third-order valence-electron chi connectivity index (χ3n) is 2.99. The predicted molar refractivity (Wildman–Crippen MR) is 77.2 cm³/mol. The van der Waals surface area contributed by atoms with E-state index < -0.39 is 16.9 Å². The predicted octanol–water partition coefficient (Wildman–Crippen LogP) is 2.38. The largest absolute Gasteiger partial charge is 0.480 e. The number of nitro benzene ring substituents is 1. The second kappa shape index (κ2) is 5.78. The van der Waals surface area contributed by atoms with Gasteiger partial charge >= 0.3 is 5.97 Å². The maximum absolute atomic E-state index is 11.2. The molecular weight excluding hydrogens is 276 g/mol. The van der Waals surface area contributed by atoms with Crippen molar-refractivity contribution in [2.75, 3.05) is 5.32 Å². The highest BCUT2D eigenvalue weighted by atomic mass is 16.6. The number of fused-ring (bicyclic) bond motifs is 1. The number of aromatic nitrogens is 2. The minimum atomic E-state index is -0.963. The Bertz CT molecular complexity index is 680. The summed E-state index contributed by atoms with van der Waals surface area (Å²) in [4.78, 5) is 28.5. The molecule has 21 heavy (non-hydrogen) atoms. The van der Waals surface area contributed by atoms with E-state index in [1.807, 2.05) is 13.8 Å². The Morgan fingerprint density at radius 1 is 1.52 bits per heavy atom. The van der Waals surface area contributed by atoms with E-state index in [-0.39, 0.29) is 11.6 Å². The van der Waals surface area contributed by atoms with Crippen molar-refractivity contribution in [3.05, 3.63) is 28.3 Å². The number of anilines is 1. The fraction of sp³-hybridized carbons (Fsp3) is 0.385. The van der Waals surface area contributed by atoms with E-state index in [4.69, 9.17) is 0 Å². The maximum atomic E-state index is 11.2. The molecule has 0 aliphatic heterocycles. The SMILES string of the molecule is CC(C)CC(Nc1nc2ccc([N+](=O)[O-])cc2[nH]1)C(=O)O. The standard InChI is InChI=1S/C13H16N4O4/c1-7(2)5-11(12(18)19)16-13-14-9-4-3-8(17(20)21)6-10(9)15-13/h3-4,6-7,11H,5H2,1-2H3,(H,18,19)(H2,14,15,16). The Hall–Kier alpha value is -2.64. The van der Waals surface area contributed by atoms with Crippen LogP contribution in [0.3, 0.4) is 0 Å². The van der Waals surface area contributed by atoms with Crippen LogP contribution in [0.5, 0.6) is 0 Å². The molecular formula is C13H16N4O4. The van der Waals surface area contributed by atoms with Crippen LogP contribution in [0.4, 0.5) is 11.6 Å². The third kappa shape index (κ3) is 3.47. The number of imidazole rings is 1. The van der Waals surface area contributed by atoms with Crippen LogP contribution in [0.25, 0.3) is 11.0 Å². The Labute approximate surface area is 120 Å². The molecule has 2 rings (SSSR count). The average molecular weight is 292 g/mol. The Morgan fingerprint density at radius 2 is 2.24 bits per heavy atom. The number of benzene rings is 1. The average Bonchev–Trinajstić information content (AvgIpc) is 2.78. The van der Waals surface area contributed by atoms with Crippen molar-refractivity contribution in [3.63, 3.8) is 0 Å². The van der Waals surface area contributed by atoms with Gasteiger partial charge in [0, 0.05) is 12.1 Å². The minimum Gasteiger partial charge on any atom is -0.480 e. The molecule has 2 aromatic rings. The number of hydrogen-bond donors (Lipinski definition) is 3. The Kier molecular flexibility index (Phi) is 4.06. The zero-order valence-corrected chi connectivity index (χ0v) is 11.7. The lowest BCUT2D eigenvalue weighted by Crippen LogP contribution is -2.31. The summed E-state index contributed by atoms with van der Waals surface area (Å²) in [6.07, 6.45) is 0.451. The summed E-state index contributed by atoms with van der Waals surface area (Å²) >= 11 is 0. The van der Waals surface area contributed by atoms with Crippen LogP contribution in [-0.2, 0) is 4.79 Å². The highest BCUT2D eigenvalue weighted by molar-refractivity contribution is 5.81. The van der Waals surface area contributed by atoms with Crippen molar-refractivity contribution in [2.24, 2.45) is 5.92 Å². The highest BCUT2D eigenvalue weighted by Gasteiger charge is 2.20. The number of non-ortho nitro benzene ring substituents is 1. The number of rotatable bonds is 6. The number of hydrogen-bond acceptors (Lipinski definition) is 5. The van der Waals surface area contributed by atoms with E-state index in [2.05, 4.69) is 15.3 Å². The molecule has 0 amide bonds. The lowest BCUT2D eigenvalue weighted by molar-refractivity contribution is -0.384. The van der Waals surface area contributed by atoms with Crippen molar-refractivity contribution in [2.45, 2.75) is 26.3 Å². The number of aliphatic carboxylic acids is 1. The monoisotopic (exact) mass is 292 g/mol. The minimum absolute atomic E-state index is 0.0466. The number of nitrogens with zero attached hydrogens (tertiary/aromatic N) is 2. The number of carbonyl (C=O) groups is 1. The number of carboxylic acids is 1. The van der Waals surface area contributed by atoms with Gasteiger partial charge in [0.15, 0.2) is 0 Å². The van der Waals surface area contributed by atoms with Crippen LogP contribution in [0.15, 0.2) is 18.2 Å². The summed E-state index contributed by atoms with van der Waals surface area (Å²) in [5.41, 5.74) is 0.979. The summed E-state index contributed by atoms with van der Waals surface area (Å²) in [6.45, 7) is 3.86. The van der Waals surface area contributed by atoms with Crippen molar-refractivity contribution in [1.82, 2.24) is 9.97 Å². The van der Waals surface area contributed by atoms with Crippen LogP contribution < -0.4 is 5.32 Å². The van der Waals surface area contributed by atoms with Crippen LogP contribution in [0.1, 0.15) is 20.3 Å². The summed E-state index contributed by atoms with van der Waals surface area (Å²) in [5.74, 6) is -0.460. The Balaban J connectivity index is 2.25. The first-order valence-corrected chi connectivity index (χ1v) is 6.50. The number of nitrogens with one attached hydrogen (secondary N) is 2. The van der Waals surface area contributed by atoms with Crippen LogP contribution in [0.2, 0.25) is 0 Å². The molecule has 0 radical (unpaired) electrons. The van der Waals surface area contributed by atoms with Gasteiger partial charge in [-0.3, -0.25) is 10.1 Å². The fourth-order valence-corrected chi connectivity index (χ4v) is 2.04. The first-order chi connectivity index (χ1) is 9.86. The van der Waals surface area contributed by atoms with Gasteiger partial charge in [-0.2, -0.15) is 0 Å². The van der Waals surface area contributed by atoms with Gasteiger partial charge in [0.25, 0.3) is 5.69 Å². The number of H-pyrrole nitrogens is 1. The molecule has 0 fully saturated rings. The summed E-state index contributed by atoms with van der Waals surface area (Å²) < 4.78 is 0. The molecule has 0 saturated carbocycles. The molecule has 0 saturated heterocycles. The lowest BCUT2D eigenvalue weighted by Gasteiger charge is -2.15. The van der Waals surface area contributed by atoms with Gasteiger partial charge in [-0.05, 0) is 18.4 Å². The van der Waals surface area contributed by atoms with Crippen molar-refractivity contribution in [3.8, 4) is 0 Å². The molecule has 8 nitrogen and oxygen atoms in total. The summed E-state index contributed by atoms with van der Waals surface area (Å²) in [6, 6.07) is 3.48. The van der Waals surface area contributed by atoms with Crippen LogP contribution in [-0.4, -0.2) is 32.0 Å². The van der Waals surface area contributed by atoms with E-state index in [1.165, 1.54) is 18.2 Å². The molecule has 1 unspecified atom stereocenters.